The Morgan fingerprint density at radius 2 is 2.11 bits per heavy atom. The number of rotatable bonds is 4. The third-order valence-electron chi connectivity index (χ3n) is 2.17. The Kier molecular flexibility index (Phi) is 3.97. The van der Waals surface area contributed by atoms with Crippen molar-refractivity contribution in [2.45, 2.75) is 25.2 Å². The number of nitrogens with one attached hydrogen (secondary N) is 2. The molecule has 2 amide bonds. The molecule has 0 bridgehead atoms. The predicted octanol–water partition coefficient (Wildman–Crippen LogP) is 0.274. The zero-order valence-electron chi connectivity index (χ0n) is 9.48. The summed E-state index contributed by atoms with van der Waals surface area (Å²) >= 11 is 0. The van der Waals surface area contributed by atoms with Gasteiger partial charge in [-0.15, -0.1) is 0 Å². The van der Waals surface area contributed by atoms with E-state index in [4.69, 9.17) is 5.11 Å². The minimum Gasteiger partial charge on any atom is -0.479 e. The highest BCUT2D eigenvalue weighted by Gasteiger charge is 2.58. The molecule has 0 aliphatic carbocycles. The molecule has 19 heavy (non-hydrogen) atoms. The highest BCUT2D eigenvalue weighted by atomic mass is 19.4. The fourth-order valence-electron chi connectivity index (χ4n) is 0.946. The number of hydrogen-bond acceptors (Lipinski definition) is 5. The van der Waals surface area contributed by atoms with Gasteiger partial charge in [0.15, 0.2) is 5.82 Å². The number of carboxylic acid groups (broad SMARTS) is 1. The Morgan fingerprint density at radius 1 is 1.47 bits per heavy atom. The van der Waals surface area contributed by atoms with Gasteiger partial charge >= 0.3 is 18.2 Å². The van der Waals surface area contributed by atoms with Crippen molar-refractivity contribution in [3.8, 4) is 0 Å². The average molecular weight is 282 g/mol. The van der Waals surface area contributed by atoms with E-state index < -0.39 is 23.7 Å². The van der Waals surface area contributed by atoms with E-state index in [0.29, 0.717) is 6.92 Å². The van der Waals surface area contributed by atoms with Gasteiger partial charge in [0.25, 0.3) is 0 Å². The van der Waals surface area contributed by atoms with Crippen LogP contribution >= 0.6 is 0 Å². The first-order valence-corrected chi connectivity index (χ1v) is 4.78. The standard InChI is InChI=1S/C8H9F3N4O4/c1-7(5(16)17,8(9,10)11)14-6(18)12-2-4-13-3-19-15-4/h3H,2H2,1H3,(H,16,17)(H2,12,14,18). The summed E-state index contributed by atoms with van der Waals surface area (Å²) in [6.07, 6.45) is -4.19. The number of aromatic nitrogens is 2. The molecule has 1 aromatic heterocycles. The van der Waals surface area contributed by atoms with Gasteiger partial charge in [-0.1, -0.05) is 5.16 Å². The fourth-order valence-corrected chi connectivity index (χ4v) is 0.946. The average Bonchev–Trinajstić information content (AvgIpc) is 2.77. The van der Waals surface area contributed by atoms with Gasteiger partial charge in [0, 0.05) is 0 Å². The van der Waals surface area contributed by atoms with Gasteiger partial charge in [-0.2, -0.15) is 18.2 Å². The number of urea groups is 1. The Balaban J connectivity index is 2.65. The second-order valence-electron chi connectivity index (χ2n) is 3.58. The normalized spacial score (nSPS) is 14.5. The summed E-state index contributed by atoms with van der Waals surface area (Å²) in [4.78, 5) is 25.4. The van der Waals surface area contributed by atoms with Gasteiger partial charge in [0.1, 0.15) is 0 Å². The molecule has 1 atom stereocenters. The van der Waals surface area contributed by atoms with Crippen molar-refractivity contribution in [1.29, 1.82) is 0 Å². The third-order valence-corrected chi connectivity index (χ3v) is 2.17. The van der Waals surface area contributed by atoms with Crippen LogP contribution in [0.1, 0.15) is 12.7 Å². The van der Waals surface area contributed by atoms with Crippen molar-refractivity contribution in [2.24, 2.45) is 0 Å². The molecule has 0 radical (unpaired) electrons. The lowest BCUT2D eigenvalue weighted by Gasteiger charge is -2.28. The first-order chi connectivity index (χ1) is 8.67. The summed E-state index contributed by atoms with van der Waals surface area (Å²) in [5.74, 6) is -2.20. The quantitative estimate of drug-likeness (QED) is 0.729. The largest absolute Gasteiger partial charge is 0.479 e. The first-order valence-electron chi connectivity index (χ1n) is 4.78. The van der Waals surface area contributed by atoms with Crippen LogP contribution in [0, 0.1) is 0 Å². The molecule has 1 rings (SSSR count). The summed E-state index contributed by atoms with van der Waals surface area (Å²) in [5, 5.41) is 15.2. The van der Waals surface area contributed by atoms with Crippen molar-refractivity contribution in [3.05, 3.63) is 12.2 Å². The van der Waals surface area contributed by atoms with Crippen molar-refractivity contribution in [3.63, 3.8) is 0 Å². The molecule has 0 fully saturated rings. The lowest BCUT2D eigenvalue weighted by molar-refractivity contribution is -0.203. The van der Waals surface area contributed by atoms with E-state index in [1.165, 1.54) is 5.32 Å². The Hall–Kier alpha value is -2.33. The van der Waals surface area contributed by atoms with E-state index in [-0.39, 0.29) is 12.4 Å². The van der Waals surface area contributed by atoms with Crippen molar-refractivity contribution in [1.82, 2.24) is 20.8 Å². The van der Waals surface area contributed by atoms with E-state index in [9.17, 15) is 22.8 Å². The number of aliphatic carboxylic acids is 1. The van der Waals surface area contributed by atoms with Gasteiger partial charge in [-0.05, 0) is 6.92 Å². The van der Waals surface area contributed by atoms with Crippen LogP contribution in [0.3, 0.4) is 0 Å². The molecule has 0 spiro atoms. The zero-order chi connectivity index (χ0) is 14.7. The fraction of sp³-hybridized carbons (Fsp3) is 0.500. The number of carbonyl (C=O) groups excluding carboxylic acids is 1. The molecule has 11 heteroatoms. The lowest BCUT2D eigenvalue weighted by atomic mass is 10.0. The highest BCUT2D eigenvalue weighted by molar-refractivity contribution is 5.86. The first kappa shape index (κ1) is 14.7. The molecule has 0 saturated heterocycles. The summed E-state index contributed by atoms with van der Waals surface area (Å²) in [6.45, 7) is 0.0269. The van der Waals surface area contributed by atoms with Gasteiger partial charge < -0.3 is 20.3 Å². The van der Waals surface area contributed by atoms with Crippen molar-refractivity contribution < 1.29 is 32.4 Å². The van der Waals surface area contributed by atoms with E-state index in [1.807, 2.05) is 5.32 Å². The Labute approximate surface area is 104 Å². The summed E-state index contributed by atoms with van der Waals surface area (Å²) in [6, 6.07) is -1.33. The number of carbonyl (C=O) groups is 2. The third kappa shape index (κ3) is 3.33. The number of halogens is 3. The number of hydrogen-bond donors (Lipinski definition) is 3. The molecule has 1 unspecified atom stereocenters. The van der Waals surface area contributed by atoms with Crippen molar-refractivity contribution in [2.75, 3.05) is 0 Å². The maximum Gasteiger partial charge on any atom is 0.422 e. The minimum atomic E-state index is -5.15. The molecule has 1 heterocycles. The topological polar surface area (TPSA) is 117 Å². The van der Waals surface area contributed by atoms with Crippen molar-refractivity contribution >= 4 is 12.0 Å². The van der Waals surface area contributed by atoms with Gasteiger partial charge in [-0.3, -0.25) is 0 Å². The van der Waals surface area contributed by atoms with Gasteiger partial charge in [0.2, 0.25) is 11.9 Å². The molecule has 1 aromatic rings. The van der Waals surface area contributed by atoms with E-state index in [1.54, 1.807) is 0 Å². The molecule has 106 valence electrons. The van der Waals surface area contributed by atoms with Crippen LogP contribution < -0.4 is 10.6 Å². The molecule has 0 aromatic carbocycles. The summed E-state index contributed by atoms with van der Waals surface area (Å²) in [7, 11) is 0. The SMILES string of the molecule is CC(NC(=O)NCc1ncon1)(C(=O)O)C(F)(F)F. The zero-order valence-corrected chi connectivity index (χ0v) is 9.48. The lowest BCUT2D eigenvalue weighted by Crippen LogP contribution is -2.63. The number of amides is 2. The Morgan fingerprint density at radius 3 is 2.53 bits per heavy atom. The number of nitrogens with zero attached hydrogens (tertiary/aromatic N) is 2. The van der Waals surface area contributed by atoms with Gasteiger partial charge in [-0.25, -0.2) is 9.59 Å². The molecule has 3 N–H and O–H groups in total. The van der Waals surface area contributed by atoms with Crippen LogP contribution in [0.25, 0.3) is 0 Å². The smallest absolute Gasteiger partial charge is 0.422 e. The monoisotopic (exact) mass is 282 g/mol. The van der Waals surface area contributed by atoms with Gasteiger partial charge in [0.05, 0.1) is 6.54 Å². The molecular formula is C8H9F3N4O4. The van der Waals surface area contributed by atoms with E-state index >= 15 is 0 Å². The minimum absolute atomic E-state index is 0.0270. The van der Waals surface area contributed by atoms with Crippen LogP contribution in [0.5, 0.6) is 0 Å². The molecule has 8 nitrogen and oxygen atoms in total. The number of carboxylic acids is 1. The maximum atomic E-state index is 12.6. The maximum absolute atomic E-state index is 12.6. The van der Waals surface area contributed by atoms with Crippen LogP contribution in [0.4, 0.5) is 18.0 Å². The molecule has 0 aliphatic heterocycles. The number of alkyl halides is 3. The van der Waals surface area contributed by atoms with Crippen LogP contribution in [-0.2, 0) is 11.3 Å². The summed E-state index contributed by atoms with van der Waals surface area (Å²) < 4.78 is 42.0. The van der Waals surface area contributed by atoms with Crippen LogP contribution in [0.15, 0.2) is 10.9 Å². The second kappa shape index (κ2) is 5.12. The summed E-state index contributed by atoms with van der Waals surface area (Å²) in [5.41, 5.74) is -3.39. The van der Waals surface area contributed by atoms with Crippen LogP contribution in [0.2, 0.25) is 0 Å². The van der Waals surface area contributed by atoms with Crippen LogP contribution in [-0.4, -0.2) is 39.0 Å². The molecular weight excluding hydrogens is 273 g/mol. The Bertz CT molecular complexity index is 461. The molecule has 0 saturated carbocycles. The second-order valence-corrected chi connectivity index (χ2v) is 3.58. The highest BCUT2D eigenvalue weighted by Crippen LogP contribution is 2.30. The molecule has 0 aliphatic rings. The predicted molar refractivity (Wildman–Crippen MR) is 51.8 cm³/mol. The van der Waals surface area contributed by atoms with E-state index in [0.717, 1.165) is 6.39 Å². The van der Waals surface area contributed by atoms with E-state index in [2.05, 4.69) is 14.7 Å².